The molecule has 0 heterocycles. The van der Waals surface area contributed by atoms with Gasteiger partial charge in [0.1, 0.15) is 0 Å². The average molecular weight is 176 g/mol. The second-order valence-corrected chi connectivity index (χ2v) is 6.13. The Bertz CT molecular complexity index is 270. The maximum atomic E-state index is 2.46. The molecule has 0 aromatic rings. The first-order chi connectivity index (χ1) is 6.16. The molecule has 0 amide bonds. The minimum Gasteiger partial charge on any atom is -0.0704 e. The topological polar surface area (TPSA) is 0 Å². The minimum atomic E-state index is 0.649. The monoisotopic (exact) mass is 176 g/mol. The first-order valence-electron chi connectivity index (χ1n) is 5.86. The van der Waals surface area contributed by atoms with Gasteiger partial charge in [-0.2, -0.15) is 0 Å². The summed E-state index contributed by atoms with van der Waals surface area (Å²) in [6, 6.07) is 0. The van der Waals surface area contributed by atoms with Gasteiger partial charge in [0.15, 0.2) is 0 Å². The number of allylic oxidation sites excluding steroid dienone is 2. The van der Waals surface area contributed by atoms with Crippen LogP contribution in [-0.2, 0) is 0 Å². The molecule has 0 aliphatic heterocycles. The molecule has 0 saturated heterocycles. The third-order valence-electron chi connectivity index (χ3n) is 4.49. The molecule has 0 spiro atoms. The molecule has 0 nitrogen and oxygen atoms in total. The highest BCUT2D eigenvalue weighted by atomic mass is 14.5. The summed E-state index contributed by atoms with van der Waals surface area (Å²) < 4.78 is 0. The molecule has 1 saturated carbocycles. The first-order valence-corrected chi connectivity index (χ1v) is 5.86. The lowest BCUT2D eigenvalue weighted by Gasteiger charge is -2.18. The van der Waals surface area contributed by atoms with Crippen molar-refractivity contribution in [2.24, 2.45) is 17.3 Å². The van der Waals surface area contributed by atoms with Crippen LogP contribution in [0.5, 0.6) is 0 Å². The molecule has 3 aliphatic rings. The van der Waals surface area contributed by atoms with E-state index in [1.165, 1.54) is 38.5 Å². The molecule has 0 unspecified atom stereocenters. The second-order valence-electron chi connectivity index (χ2n) is 6.13. The van der Waals surface area contributed by atoms with Crippen LogP contribution in [0, 0.1) is 17.3 Å². The standard InChI is InChI=1S/C13H20/c1-13(2)7-10-6-9-4-3-5-11(9)12(10)8-13/h10,12H,3-8H2,1-2H3/t10-,12+/m0/s1. The van der Waals surface area contributed by atoms with Crippen molar-refractivity contribution in [3.05, 3.63) is 11.1 Å². The van der Waals surface area contributed by atoms with Crippen LogP contribution in [0.25, 0.3) is 0 Å². The summed E-state index contributed by atoms with van der Waals surface area (Å²) in [6.07, 6.45) is 8.81. The Hall–Kier alpha value is -0.260. The van der Waals surface area contributed by atoms with Crippen molar-refractivity contribution in [3.63, 3.8) is 0 Å². The fourth-order valence-electron chi connectivity index (χ4n) is 4.15. The Balaban J connectivity index is 1.88. The van der Waals surface area contributed by atoms with Gasteiger partial charge in [-0.25, -0.2) is 0 Å². The number of fused-ring (bicyclic) bond motifs is 2. The van der Waals surface area contributed by atoms with Crippen LogP contribution >= 0.6 is 0 Å². The molecule has 13 heavy (non-hydrogen) atoms. The molecule has 0 bridgehead atoms. The summed E-state index contributed by atoms with van der Waals surface area (Å²) >= 11 is 0. The smallest absolute Gasteiger partial charge is 0.0164 e. The van der Waals surface area contributed by atoms with E-state index in [-0.39, 0.29) is 0 Å². The fraction of sp³-hybridized carbons (Fsp3) is 0.846. The van der Waals surface area contributed by atoms with Crippen molar-refractivity contribution in [2.45, 2.75) is 52.4 Å². The summed E-state index contributed by atoms with van der Waals surface area (Å²) in [7, 11) is 0. The van der Waals surface area contributed by atoms with E-state index in [1.807, 2.05) is 11.1 Å². The summed E-state index contributed by atoms with van der Waals surface area (Å²) in [5, 5.41) is 0. The number of hydrogen-bond donors (Lipinski definition) is 0. The largest absolute Gasteiger partial charge is 0.0704 e. The Morgan fingerprint density at radius 3 is 2.85 bits per heavy atom. The van der Waals surface area contributed by atoms with Crippen molar-refractivity contribution in [3.8, 4) is 0 Å². The van der Waals surface area contributed by atoms with Gasteiger partial charge in [0.25, 0.3) is 0 Å². The van der Waals surface area contributed by atoms with Crippen LogP contribution in [0.2, 0.25) is 0 Å². The number of rotatable bonds is 0. The van der Waals surface area contributed by atoms with Crippen LogP contribution in [0.3, 0.4) is 0 Å². The van der Waals surface area contributed by atoms with Crippen LogP contribution in [0.1, 0.15) is 52.4 Å². The van der Waals surface area contributed by atoms with E-state index >= 15 is 0 Å². The van der Waals surface area contributed by atoms with Crippen molar-refractivity contribution < 1.29 is 0 Å². The Labute approximate surface area is 81.4 Å². The molecule has 3 rings (SSSR count). The zero-order valence-electron chi connectivity index (χ0n) is 8.90. The van der Waals surface area contributed by atoms with E-state index in [4.69, 9.17) is 0 Å². The van der Waals surface area contributed by atoms with Crippen molar-refractivity contribution in [2.75, 3.05) is 0 Å². The minimum absolute atomic E-state index is 0.649. The highest BCUT2D eigenvalue weighted by molar-refractivity contribution is 5.30. The van der Waals surface area contributed by atoms with Crippen molar-refractivity contribution in [1.82, 2.24) is 0 Å². The summed E-state index contributed by atoms with van der Waals surface area (Å²) in [5.74, 6) is 2.08. The number of hydrogen-bond acceptors (Lipinski definition) is 0. The van der Waals surface area contributed by atoms with Gasteiger partial charge in [-0.1, -0.05) is 25.0 Å². The van der Waals surface area contributed by atoms with E-state index < -0.39 is 0 Å². The SMILES string of the molecule is CC1(C)C[C@@H]2CC3=C(CCC3)[C@@H]2C1. The third kappa shape index (κ3) is 1.11. The van der Waals surface area contributed by atoms with Gasteiger partial charge in [0.2, 0.25) is 0 Å². The third-order valence-corrected chi connectivity index (χ3v) is 4.49. The van der Waals surface area contributed by atoms with Gasteiger partial charge in [-0.15, -0.1) is 0 Å². The van der Waals surface area contributed by atoms with Crippen LogP contribution in [0.4, 0.5) is 0 Å². The summed E-state index contributed by atoms with van der Waals surface area (Å²) in [4.78, 5) is 0. The van der Waals surface area contributed by atoms with Crippen LogP contribution < -0.4 is 0 Å². The van der Waals surface area contributed by atoms with Crippen molar-refractivity contribution in [1.29, 1.82) is 0 Å². The lowest BCUT2D eigenvalue weighted by Crippen LogP contribution is -2.06. The molecule has 2 atom stereocenters. The zero-order chi connectivity index (χ0) is 9.05. The Kier molecular flexibility index (Phi) is 1.49. The average Bonchev–Trinajstić information content (AvgIpc) is 2.58. The van der Waals surface area contributed by atoms with Gasteiger partial charge >= 0.3 is 0 Å². The van der Waals surface area contributed by atoms with E-state index in [0.29, 0.717) is 5.41 Å². The molecule has 72 valence electrons. The molecule has 0 aromatic carbocycles. The summed E-state index contributed by atoms with van der Waals surface area (Å²) in [6.45, 7) is 4.92. The quantitative estimate of drug-likeness (QED) is 0.491. The van der Waals surface area contributed by atoms with E-state index in [2.05, 4.69) is 13.8 Å². The molecular weight excluding hydrogens is 156 g/mol. The normalized spacial score (nSPS) is 41.1. The molecule has 3 aliphatic carbocycles. The van der Waals surface area contributed by atoms with E-state index in [9.17, 15) is 0 Å². The lowest BCUT2D eigenvalue weighted by atomic mass is 9.88. The first kappa shape index (κ1) is 8.08. The van der Waals surface area contributed by atoms with Crippen molar-refractivity contribution >= 4 is 0 Å². The van der Waals surface area contributed by atoms with E-state index in [1.54, 1.807) is 0 Å². The Morgan fingerprint density at radius 1 is 1.15 bits per heavy atom. The maximum Gasteiger partial charge on any atom is -0.0164 e. The predicted molar refractivity (Wildman–Crippen MR) is 55.5 cm³/mol. The van der Waals surface area contributed by atoms with Gasteiger partial charge in [-0.05, 0) is 55.8 Å². The van der Waals surface area contributed by atoms with Crippen LogP contribution in [-0.4, -0.2) is 0 Å². The molecule has 0 heteroatoms. The fourth-order valence-corrected chi connectivity index (χ4v) is 4.15. The molecule has 0 N–H and O–H groups in total. The Morgan fingerprint density at radius 2 is 2.00 bits per heavy atom. The second kappa shape index (κ2) is 2.40. The van der Waals surface area contributed by atoms with Crippen LogP contribution in [0.15, 0.2) is 11.1 Å². The lowest BCUT2D eigenvalue weighted by molar-refractivity contribution is 0.357. The summed E-state index contributed by atoms with van der Waals surface area (Å²) in [5.41, 5.74) is 4.44. The maximum absolute atomic E-state index is 2.46. The van der Waals surface area contributed by atoms with Gasteiger partial charge in [-0.3, -0.25) is 0 Å². The highest BCUT2D eigenvalue weighted by Crippen LogP contribution is 2.58. The molecule has 0 radical (unpaired) electrons. The van der Waals surface area contributed by atoms with Gasteiger partial charge in [0, 0.05) is 0 Å². The van der Waals surface area contributed by atoms with Gasteiger partial charge < -0.3 is 0 Å². The molecule has 1 fully saturated rings. The predicted octanol–water partition coefficient (Wildman–Crippen LogP) is 3.92. The zero-order valence-corrected chi connectivity index (χ0v) is 8.90. The highest BCUT2D eigenvalue weighted by Gasteiger charge is 2.45. The molecule has 0 aromatic heterocycles. The van der Waals surface area contributed by atoms with E-state index in [0.717, 1.165) is 11.8 Å². The molecular formula is C13H20. The van der Waals surface area contributed by atoms with Gasteiger partial charge in [0.05, 0.1) is 0 Å².